The number of nitrogens with one attached hydrogen (secondary N) is 3. The van der Waals surface area contributed by atoms with Crippen LogP contribution in [0.4, 0.5) is 17.5 Å². The molecular weight excluding hydrogens is 552 g/mol. The van der Waals surface area contributed by atoms with Crippen molar-refractivity contribution in [2.24, 2.45) is 7.05 Å². The number of nitrogens with zero attached hydrogens (tertiary/aromatic N) is 7. The summed E-state index contributed by atoms with van der Waals surface area (Å²) in [4.78, 5) is 34.7. The van der Waals surface area contributed by atoms with Gasteiger partial charge in [-0.25, -0.2) is 15.0 Å². The number of amides is 1. The second kappa shape index (κ2) is 11.1. The molecule has 5 heterocycles. The molecule has 4 aromatic rings. The highest BCUT2D eigenvalue weighted by Gasteiger charge is 2.28. The number of halogens is 1. The number of aromatic amines is 1. The number of anilines is 3. The van der Waals surface area contributed by atoms with Crippen molar-refractivity contribution in [3.05, 3.63) is 35.3 Å². The second-order valence-corrected chi connectivity index (χ2v) is 10.1. The largest absolute Gasteiger partial charge is 0.478 e. The fraction of sp³-hybridized carbons (Fsp3) is 0.400. The van der Waals surface area contributed by atoms with E-state index in [4.69, 9.17) is 9.72 Å². The van der Waals surface area contributed by atoms with Gasteiger partial charge in [-0.15, -0.1) is 5.10 Å². The summed E-state index contributed by atoms with van der Waals surface area (Å²) in [6, 6.07) is 1.70. The fourth-order valence-corrected chi connectivity index (χ4v) is 5.13. The predicted octanol–water partition coefficient (Wildman–Crippen LogP) is 3.23. The average molecular weight is 583 g/mol. The van der Waals surface area contributed by atoms with Crippen molar-refractivity contribution < 1.29 is 9.53 Å². The van der Waals surface area contributed by atoms with E-state index in [0.717, 1.165) is 53.5 Å². The lowest BCUT2D eigenvalue weighted by atomic mass is 10.1. The Morgan fingerprint density at radius 2 is 2.03 bits per heavy atom. The number of carbonyl (C=O) groups excluding carboxylic acids is 1. The maximum Gasteiger partial charge on any atom is 0.256 e. The second-order valence-electron chi connectivity index (χ2n) is 9.28. The summed E-state index contributed by atoms with van der Waals surface area (Å²) < 4.78 is 7.70. The predicted molar refractivity (Wildman–Crippen MR) is 150 cm³/mol. The van der Waals surface area contributed by atoms with E-state index in [2.05, 4.69) is 63.5 Å². The standard InChI is InChI=1S/C25H31BrN10O2/c1-5-19(36-10-8-34(2)9-11-36)23(37)32-22-21-15(6-7-27-22)16(12-28-21)20-17(26)13-29-25(31-20)30-18-14-35(3)33-24(18)38-4/h6-7,12-14,19,28H,5,8-11H2,1-4H3,(H,27,32,37)(H,29,30,31). The Bertz CT molecular complexity index is 1440. The highest BCUT2D eigenvalue weighted by molar-refractivity contribution is 9.10. The van der Waals surface area contributed by atoms with E-state index >= 15 is 0 Å². The summed E-state index contributed by atoms with van der Waals surface area (Å²) in [5.74, 6) is 1.29. The Morgan fingerprint density at radius 3 is 2.76 bits per heavy atom. The van der Waals surface area contributed by atoms with Gasteiger partial charge in [0.15, 0.2) is 5.82 Å². The quantitative estimate of drug-likeness (QED) is 0.286. The Morgan fingerprint density at radius 1 is 1.24 bits per heavy atom. The molecule has 4 aromatic heterocycles. The number of hydrogen-bond acceptors (Lipinski definition) is 9. The van der Waals surface area contributed by atoms with Gasteiger partial charge in [-0.2, -0.15) is 0 Å². The SMILES string of the molecule is CCC(C(=O)Nc1nccc2c(-c3nc(Nc4cn(C)nc4OC)ncc3Br)c[nH]c12)N1CCN(C)CC1. The van der Waals surface area contributed by atoms with E-state index in [9.17, 15) is 4.79 Å². The first kappa shape index (κ1) is 26.1. The molecule has 1 fully saturated rings. The van der Waals surface area contributed by atoms with Crippen LogP contribution in [0.1, 0.15) is 13.3 Å². The van der Waals surface area contributed by atoms with Crippen molar-refractivity contribution in [1.29, 1.82) is 0 Å². The number of ether oxygens (including phenoxy) is 1. The van der Waals surface area contributed by atoms with Crippen LogP contribution in [0, 0.1) is 0 Å². The molecule has 1 aliphatic rings. The molecule has 1 amide bonds. The maximum atomic E-state index is 13.3. The molecule has 1 aliphatic heterocycles. The number of H-pyrrole nitrogens is 1. The lowest BCUT2D eigenvalue weighted by molar-refractivity contribution is -0.122. The fourth-order valence-electron chi connectivity index (χ4n) is 4.73. The number of methoxy groups -OCH3 is 1. The van der Waals surface area contributed by atoms with Crippen molar-refractivity contribution in [3.63, 3.8) is 0 Å². The Hall–Kier alpha value is -3.55. The van der Waals surface area contributed by atoms with Gasteiger partial charge in [-0.3, -0.25) is 14.4 Å². The molecule has 12 nitrogen and oxygen atoms in total. The Kier molecular flexibility index (Phi) is 7.58. The van der Waals surface area contributed by atoms with Gasteiger partial charge in [0.1, 0.15) is 5.69 Å². The van der Waals surface area contributed by atoms with Gasteiger partial charge in [0.05, 0.1) is 35.0 Å². The molecule has 0 bridgehead atoms. The molecule has 0 aromatic carbocycles. The van der Waals surface area contributed by atoms with E-state index in [0.29, 0.717) is 29.0 Å². The van der Waals surface area contributed by atoms with E-state index in [1.165, 1.54) is 0 Å². The first-order chi connectivity index (χ1) is 18.4. The first-order valence-electron chi connectivity index (χ1n) is 12.4. The average Bonchev–Trinajstić information content (AvgIpc) is 3.50. The summed E-state index contributed by atoms with van der Waals surface area (Å²) in [7, 11) is 5.48. The van der Waals surface area contributed by atoms with Crippen LogP contribution >= 0.6 is 15.9 Å². The number of hydrogen-bond donors (Lipinski definition) is 3. The molecule has 13 heteroatoms. The van der Waals surface area contributed by atoms with Gasteiger partial charge >= 0.3 is 0 Å². The maximum absolute atomic E-state index is 13.3. The number of aryl methyl sites for hydroxylation is 1. The third-order valence-electron chi connectivity index (χ3n) is 6.75. The smallest absolute Gasteiger partial charge is 0.256 e. The molecule has 200 valence electrons. The van der Waals surface area contributed by atoms with Crippen LogP contribution in [-0.2, 0) is 11.8 Å². The monoisotopic (exact) mass is 582 g/mol. The molecular formula is C25H31BrN10O2. The van der Waals surface area contributed by atoms with Crippen molar-refractivity contribution in [1.82, 2.24) is 39.5 Å². The number of rotatable bonds is 8. The van der Waals surface area contributed by atoms with Crippen molar-refractivity contribution in [2.75, 3.05) is 51.0 Å². The van der Waals surface area contributed by atoms with Gasteiger partial charge in [-0.05, 0) is 35.5 Å². The zero-order chi connectivity index (χ0) is 26.8. The number of likely N-dealkylation sites (N-methyl/N-ethyl adjacent to an activating group) is 1. The zero-order valence-electron chi connectivity index (χ0n) is 21.8. The molecule has 1 saturated heterocycles. The Labute approximate surface area is 228 Å². The molecule has 0 spiro atoms. The van der Waals surface area contributed by atoms with Crippen LogP contribution in [0.3, 0.4) is 0 Å². The van der Waals surface area contributed by atoms with E-state index < -0.39 is 0 Å². The van der Waals surface area contributed by atoms with Crippen molar-refractivity contribution in [2.45, 2.75) is 19.4 Å². The van der Waals surface area contributed by atoms with Gasteiger partial charge in [0, 0.05) is 62.8 Å². The third kappa shape index (κ3) is 5.22. The molecule has 0 radical (unpaired) electrons. The number of pyridine rings is 1. The van der Waals surface area contributed by atoms with E-state index in [1.807, 2.05) is 26.2 Å². The van der Waals surface area contributed by atoms with Crippen LogP contribution in [0.5, 0.6) is 5.88 Å². The minimum atomic E-state index is -0.204. The van der Waals surface area contributed by atoms with Crippen LogP contribution < -0.4 is 15.4 Å². The number of carbonyl (C=O) groups is 1. The van der Waals surface area contributed by atoms with E-state index in [-0.39, 0.29) is 11.9 Å². The molecule has 0 aliphatic carbocycles. The molecule has 3 N–H and O–H groups in total. The van der Waals surface area contributed by atoms with Crippen LogP contribution in [0.2, 0.25) is 0 Å². The highest BCUT2D eigenvalue weighted by Crippen LogP contribution is 2.35. The molecule has 1 atom stereocenters. The number of piperazine rings is 1. The summed E-state index contributed by atoms with van der Waals surface area (Å²) in [5.41, 5.74) is 2.92. The van der Waals surface area contributed by atoms with Gasteiger partial charge in [0.2, 0.25) is 11.9 Å². The summed E-state index contributed by atoms with van der Waals surface area (Å²) in [6.45, 7) is 5.69. The number of fused-ring (bicyclic) bond motifs is 1. The highest BCUT2D eigenvalue weighted by atomic mass is 79.9. The van der Waals surface area contributed by atoms with Crippen molar-refractivity contribution >= 4 is 50.2 Å². The Balaban J connectivity index is 1.41. The van der Waals surface area contributed by atoms with E-state index in [1.54, 1.807) is 30.4 Å². The lowest BCUT2D eigenvalue weighted by Crippen LogP contribution is -2.52. The molecule has 38 heavy (non-hydrogen) atoms. The lowest BCUT2D eigenvalue weighted by Gasteiger charge is -2.36. The summed E-state index contributed by atoms with van der Waals surface area (Å²) in [6.07, 6.45) is 7.77. The topological polar surface area (TPSA) is 129 Å². The summed E-state index contributed by atoms with van der Waals surface area (Å²) in [5, 5.41) is 11.4. The molecule has 1 unspecified atom stereocenters. The van der Waals surface area contributed by atoms with Crippen LogP contribution in [0.25, 0.3) is 22.2 Å². The van der Waals surface area contributed by atoms with Crippen LogP contribution in [-0.4, -0.2) is 91.8 Å². The van der Waals surface area contributed by atoms with Gasteiger partial charge in [-0.1, -0.05) is 6.92 Å². The minimum Gasteiger partial charge on any atom is -0.478 e. The third-order valence-corrected chi connectivity index (χ3v) is 7.33. The first-order valence-corrected chi connectivity index (χ1v) is 13.2. The van der Waals surface area contributed by atoms with Gasteiger partial charge < -0.3 is 25.3 Å². The normalized spacial score (nSPS) is 15.5. The summed E-state index contributed by atoms with van der Waals surface area (Å²) >= 11 is 3.59. The van der Waals surface area contributed by atoms with Crippen LogP contribution in [0.15, 0.2) is 35.3 Å². The molecule has 0 saturated carbocycles. The molecule has 5 rings (SSSR count). The van der Waals surface area contributed by atoms with Crippen molar-refractivity contribution in [3.8, 4) is 17.1 Å². The van der Waals surface area contributed by atoms with Gasteiger partial charge in [0.25, 0.3) is 5.88 Å². The zero-order valence-corrected chi connectivity index (χ0v) is 23.4. The minimum absolute atomic E-state index is 0.0478. The number of aromatic nitrogens is 6.